The van der Waals surface area contributed by atoms with Gasteiger partial charge in [-0.25, -0.2) is 9.97 Å². The molecule has 0 unspecified atom stereocenters. The smallest absolute Gasteiger partial charge is 0.271 e. The number of aromatic nitrogens is 2. The molecule has 116 valence electrons. The van der Waals surface area contributed by atoms with Crippen LogP contribution in [-0.4, -0.2) is 29.5 Å². The third-order valence-electron chi connectivity index (χ3n) is 4.27. The lowest BCUT2D eigenvalue weighted by Crippen LogP contribution is -2.37. The Morgan fingerprint density at radius 2 is 2.00 bits per heavy atom. The van der Waals surface area contributed by atoms with Crippen LogP contribution in [0.3, 0.4) is 0 Å². The minimum Gasteiger partial charge on any atom is -0.372 e. The van der Waals surface area contributed by atoms with Crippen molar-refractivity contribution in [2.75, 3.05) is 18.9 Å². The molecule has 0 spiro atoms. The molecule has 0 aromatic carbocycles. The van der Waals surface area contributed by atoms with Crippen LogP contribution in [0.4, 0.5) is 5.82 Å². The Bertz CT molecular complexity index is 464. The van der Waals surface area contributed by atoms with E-state index in [9.17, 15) is 4.79 Å². The molecule has 0 atom stereocenters. The molecule has 1 aromatic rings. The normalized spacial score (nSPS) is 17.0. The Hall–Kier alpha value is -1.65. The van der Waals surface area contributed by atoms with Crippen molar-refractivity contribution in [3.05, 3.63) is 18.1 Å². The largest absolute Gasteiger partial charge is 0.372 e. The zero-order valence-corrected chi connectivity index (χ0v) is 13.3. The number of anilines is 1. The number of hydrogen-bond acceptors (Lipinski definition) is 4. The van der Waals surface area contributed by atoms with Crippen molar-refractivity contribution in [2.45, 2.75) is 46.0 Å². The number of nitrogens with zero attached hydrogens (tertiary/aromatic N) is 2. The molecule has 5 nitrogen and oxygen atoms in total. The molecule has 1 saturated carbocycles. The highest BCUT2D eigenvalue weighted by Crippen LogP contribution is 2.42. The summed E-state index contributed by atoms with van der Waals surface area (Å²) in [5.41, 5.74) is 0.661. The molecule has 0 saturated heterocycles. The van der Waals surface area contributed by atoms with E-state index in [-0.39, 0.29) is 11.3 Å². The first kappa shape index (κ1) is 15.7. The second-order valence-electron chi connectivity index (χ2n) is 6.52. The second-order valence-corrected chi connectivity index (χ2v) is 6.52. The van der Waals surface area contributed by atoms with E-state index in [2.05, 4.69) is 34.4 Å². The van der Waals surface area contributed by atoms with Crippen LogP contribution in [-0.2, 0) is 0 Å². The van der Waals surface area contributed by atoms with E-state index < -0.39 is 0 Å². The van der Waals surface area contributed by atoms with E-state index in [1.807, 2.05) is 0 Å². The van der Waals surface area contributed by atoms with Gasteiger partial charge < -0.3 is 10.6 Å². The van der Waals surface area contributed by atoms with Gasteiger partial charge in [0, 0.05) is 13.6 Å². The van der Waals surface area contributed by atoms with Gasteiger partial charge in [-0.3, -0.25) is 4.79 Å². The van der Waals surface area contributed by atoms with Crippen molar-refractivity contribution in [3.8, 4) is 0 Å². The third-order valence-corrected chi connectivity index (χ3v) is 4.27. The highest BCUT2D eigenvalue weighted by Gasteiger charge is 2.34. The van der Waals surface area contributed by atoms with Crippen LogP contribution in [0.15, 0.2) is 12.4 Å². The summed E-state index contributed by atoms with van der Waals surface area (Å²) in [6.45, 7) is 5.26. The van der Waals surface area contributed by atoms with Crippen LogP contribution in [0.1, 0.15) is 56.4 Å². The van der Waals surface area contributed by atoms with Gasteiger partial charge >= 0.3 is 0 Å². The molecule has 0 aliphatic heterocycles. The Balaban J connectivity index is 1.95. The lowest BCUT2D eigenvalue weighted by molar-refractivity contribution is 0.0916. The Kier molecular flexibility index (Phi) is 5.15. The molecule has 1 fully saturated rings. The summed E-state index contributed by atoms with van der Waals surface area (Å²) in [5, 5.41) is 5.95. The molecule has 1 aromatic heterocycles. The minimum absolute atomic E-state index is 0.125. The topological polar surface area (TPSA) is 66.9 Å². The highest BCUT2D eigenvalue weighted by atomic mass is 16.1. The molecule has 1 aliphatic carbocycles. The molecule has 1 aliphatic rings. The minimum atomic E-state index is -0.125. The summed E-state index contributed by atoms with van der Waals surface area (Å²) in [4.78, 5) is 20.5. The number of nitrogens with one attached hydrogen (secondary N) is 2. The van der Waals surface area contributed by atoms with E-state index in [1.54, 1.807) is 13.2 Å². The van der Waals surface area contributed by atoms with E-state index in [0.29, 0.717) is 17.4 Å². The van der Waals surface area contributed by atoms with E-state index in [4.69, 9.17) is 0 Å². The summed E-state index contributed by atoms with van der Waals surface area (Å²) in [6.07, 6.45) is 9.27. The summed E-state index contributed by atoms with van der Waals surface area (Å²) in [6, 6.07) is 0. The van der Waals surface area contributed by atoms with Gasteiger partial charge in [-0.15, -0.1) is 0 Å². The first-order chi connectivity index (χ1) is 10.0. The third kappa shape index (κ3) is 4.16. The number of carbonyl (C=O) groups excluding carboxylic acids is 1. The van der Waals surface area contributed by atoms with Crippen molar-refractivity contribution in [1.29, 1.82) is 0 Å². The standard InChI is InChI=1S/C16H26N4O/c1-12(2)8-16(6-4-5-7-16)11-20-15(21)13-9-19-14(17-3)10-18-13/h9-10,12H,4-8,11H2,1-3H3,(H,17,19)(H,20,21). The van der Waals surface area contributed by atoms with Crippen LogP contribution in [0.2, 0.25) is 0 Å². The average molecular weight is 290 g/mol. The maximum Gasteiger partial charge on any atom is 0.271 e. The van der Waals surface area contributed by atoms with Crippen LogP contribution in [0, 0.1) is 11.3 Å². The van der Waals surface area contributed by atoms with E-state index >= 15 is 0 Å². The Labute approximate surface area is 127 Å². The van der Waals surface area contributed by atoms with Gasteiger partial charge in [-0.1, -0.05) is 26.7 Å². The van der Waals surface area contributed by atoms with Gasteiger partial charge in [-0.2, -0.15) is 0 Å². The summed E-state index contributed by atoms with van der Waals surface area (Å²) in [7, 11) is 1.78. The Morgan fingerprint density at radius 3 is 2.52 bits per heavy atom. The number of carbonyl (C=O) groups is 1. The quantitative estimate of drug-likeness (QED) is 0.845. The lowest BCUT2D eigenvalue weighted by Gasteiger charge is -2.31. The van der Waals surface area contributed by atoms with Crippen molar-refractivity contribution >= 4 is 11.7 Å². The molecule has 2 rings (SSSR count). The first-order valence-corrected chi connectivity index (χ1v) is 7.83. The second kappa shape index (κ2) is 6.87. The SMILES string of the molecule is CNc1cnc(C(=O)NCC2(CC(C)C)CCCC2)cn1. The fraction of sp³-hybridized carbons (Fsp3) is 0.688. The van der Waals surface area contributed by atoms with Crippen molar-refractivity contribution in [1.82, 2.24) is 15.3 Å². The maximum absolute atomic E-state index is 12.2. The number of amides is 1. The van der Waals surface area contributed by atoms with Crippen LogP contribution < -0.4 is 10.6 Å². The van der Waals surface area contributed by atoms with Crippen LogP contribution in [0.5, 0.6) is 0 Å². The zero-order chi connectivity index (χ0) is 15.3. The van der Waals surface area contributed by atoms with Gasteiger partial charge in [0.05, 0.1) is 12.4 Å². The Morgan fingerprint density at radius 1 is 1.29 bits per heavy atom. The van der Waals surface area contributed by atoms with Crippen molar-refractivity contribution in [2.24, 2.45) is 11.3 Å². The zero-order valence-electron chi connectivity index (χ0n) is 13.3. The van der Waals surface area contributed by atoms with Gasteiger partial charge in [0.2, 0.25) is 0 Å². The van der Waals surface area contributed by atoms with Gasteiger partial charge in [0.15, 0.2) is 0 Å². The van der Waals surface area contributed by atoms with Gasteiger partial charge in [-0.05, 0) is 30.6 Å². The van der Waals surface area contributed by atoms with E-state index in [1.165, 1.54) is 38.3 Å². The van der Waals surface area contributed by atoms with Gasteiger partial charge in [0.1, 0.15) is 11.5 Å². The average Bonchev–Trinajstić information content (AvgIpc) is 2.93. The molecule has 21 heavy (non-hydrogen) atoms. The summed E-state index contributed by atoms with van der Waals surface area (Å²) >= 11 is 0. The predicted octanol–water partition coefficient (Wildman–Crippen LogP) is 2.85. The molecule has 1 heterocycles. The molecule has 5 heteroatoms. The van der Waals surface area contributed by atoms with Crippen molar-refractivity contribution < 1.29 is 4.79 Å². The monoisotopic (exact) mass is 290 g/mol. The van der Waals surface area contributed by atoms with E-state index in [0.717, 1.165) is 6.54 Å². The molecule has 2 N–H and O–H groups in total. The van der Waals surface area contributed by atoms with Gasteiger partial charge in [0.25, 0.3) is 5.91 Å². The summed E-state index contributed by atoms with van der Waals surface area (Å²) < 4.78 is 0. The number of rotatable bonds is 6. The molecule has 0 bridgehead atoms. The van der Waals surface area contributed by atoms with Crippen molar-refractivity contribution in [3.63, 3.8) is 0 Å². The molecule has 0 radical (unpaired) electrons. The highest BCUT2D eigenvalue weighted by molar-refractivity contribution is 5.92. The molecular weight excluding hydrogens is 264 g/mol. The van der Waals surface area contributed by atoms with Crippen LogP contribution in [0.25, 0.3) is 0 Å². The predicted molar refractivity (Wildman–Crippen MR) is 84.3 cm³/mol. The molecule has 1 amide bonds. The fourth-order valence-corrected chi connectivity index (χ4v) is 3.38. The van der Waals surface area contributed by atoms with Crippen LogP contribution >= 0.6 is 0 Å². The first-order valence-electron chi connectivity index (χ1n) is 7.83. The fourth-order valence-electron chi connectivity index (χ4n) is 3.38. The summed E-state index contributed by atoms with van der Waals surface area (Å²) in [5.74, 6) is 1.20. The number of hydrogen-bond donors (Lipinski definition) is 2. The molecular formula is C16H26N4O. The lowest BCUT2D eigenvalue weighted by atomic mass is 9.78. The maximum atomic E-state index is 12.2.